The highest BCUT2D eigenvalue weighted by Crippen LogP contribution is 2.45. The van der Waals surface area contributed by atoms with Crippen LogP contribution in [0.3, 0.4) is 0 Å². The summed E-state index contributed by atoms with van der Waals surface area (Å²) in [4.78, 5) is 22.4. The number of rotatable bonds is 9. The molecule has 0 atom stereocenters. The van der Waals surface area contributed by atoms with Crippen LogP contribution >= 0.6 is 23.5 Å². The minimum Gasteiger partial charge on any atom is -0.481 e. The van der Waals surface area contributed by atoms with Crippen LogP contribution in [-0.4, -0.2) is 35.0 Å². The third-order valence-corrected chi connectivity index (χ3v) is 6.77. The Morgan fingerprint density at radius 2 is 1.70 bits per heavy atom. The molecular formula is C17H23NO3S2. The van der Waals surface area contributed by atoms with Gasteiger partial charge in [0.25, 0.3) is 5.91 Å². The topological polar surface area (TPSA) is 66.4 Å². The molecule has 1 heterocycles. The normalized spacial score (nSPS) is 14.8. The van der Waals surface area contributed by atoms with Gasteiger partial charge in [0.15, 0.2) is 0 Å². The molecule has 4 nitrogen and oxygen atoms in total. The van der Waals surface area contributed by atoms with Crippen molar-refractivity contribution in [3.63, 3.8) is 0 Å². The summed E-state index contributed by atoms with van der Waals surface area (Å²) in [6, 6.07) is 7.90. The molecule has 1 amide bonds. The number of hydrogen-bond donors (Lipinski definition) is 2. The van der Waals surface area contributed by atoms with Crippen molar-refractivity contribution in [1.29, 1.82) is 0 Å². The van der Waals surface area contributed by atoms with Gasteiger partial charge in [0.2, 0.25) is 0 Å². The molecular weight excluding hydrogens is 330 g/mol. The summed E-state index contributed by atoms with van der Waals surface area (Å²) in [6.45, 7) is 0.641. The monoisotopic (exact) mass is 353 g/mol. The molecule has 0 spiro atoms. The Bertz CT molecular complexity index is 513. The van der Waals surface area contributed by atoms with E-state index in [9.17, 15) is 9.59 Å². The Balaban J connectivity index is 1.64. The first kappa shape index (κ1) is 18.2. The molecule has 23 heavy (non-hydrogen) atoms. The maximum absolute atomic E-state index is 12.1. The number of unbranched alkanes of at least 4 members (excludes halogenated alkanes) is 3. The Morgan fingerprint density at radius 3 is 2.35 bits per heavy atom. The number of benzene rings is 1. The van der Waals surface area contributed by atoms with Crippen molar-refractivity contribution >= 4 is 35.4 Å². The SMILES string of the molecule is O=C(O)CCCCCCNC(=O)c1ccc(C2SCCS2)cc1. The lowest BCUT2D eigenvalue weighted by Gasteiger charge is -2.09. The minimum atomic E-state index is -0.740. The standard InChI is InChI=1S/C17H23NO3S2/c19-15(20)5-3-1-2-4-10-18-16(21)13-6-8-14(9-7-13)17-22-11-12-23-17/h6-9,17H,1-5,10-12H2,(H,18,21)(H,19,20). The fourth-order valence-electron chi connectivity index (χ4n) is 2.40. The second kappa shape index (κ2) is 9.88. The van der Waals surface area contributed by atoms with Gasteiger partial charge in [0.1, 0.15) is 0 Å². The number of aliphatic carboxylic acids is 1. The van der Waals surface area contributed by atoms with Gasteiger partial charge in [-0.15, -0.1) is 23.5 Å². The molecule has 0 aliphatic carbocycles. The van der Waals surface area contributed by atoms with Gasteiger partial charge in [-0.3, -0.25) is 9.59 Å². The van der Waals surface area contributed by atoms with Crippen molar-refractivity contribution in [3.8, 4) is 0 Å². The molecule has 1 aromatic carbocycles. The molecule has 2 N–H and O–H groups in total. The largest absolute Gasteiger partial charge is 0.481 e. The van der Waals surface area contributed by atoms with Crippen molar-refractivity contribution in [3.05, 3.63) is 35.4 Å². The summed E-state index contributed by atoms with van der Waals surface area (Å²) >= 11 is 3.92. The van der Waals surface area contributed by atoms with Crippen LogP contribution in [-0.2, 0) is 4.79 Å². The average Bonchev–Trinajstić information content (AvgIpc) is 3.08. The summed E-state index contributed by atoms with van der Waals surface area (Å²) in [7, 11) is 0. The summed E-state index contributed by atoms with van der Waals surface area (Å²) in [5.41, 5.74) is 1.99. The number of hydrogen-bond acceptors (Lipinski definition) is 4. The van der Waals surface area contributed by atoms with Crippen LogP contribution in [0.1, 0.15) is 52.6 Å². The molecule has 0 aromatic heterocycles. The zero-order chi connectivity index (χ0) is 16.5. The van der Waals surface area contributed by atoms with Crippen LogP contribution in [0.15, 0.2) is 24.3 Å². The maximum atomic E-state index is 12.1. The number of carbonyl (C=O) groups is 2. The van der Waals surface area contributed by atoms with Gasteiger partial charge < -0.3 is 10.4 Å². The van der Waals surface area contributed by atoms with Crippen LogP contribution in [0.4, 0.5) is 0 Å². The Labute approximate surface area is 145 Å². The fraction of sp³-hybridized carbons (Fsp3) is 0.529. The van der Waals surface area contributed by atoms with Gasteiger partial charge in [0, 0.05) is 30.0 Å². The quantitative estimate of drug-likeness (QED) is 0.659. The van der Waals surface area contributed by atoms with Gasteiger partial charge >= 0.3 is 5.97 Å². The van der Waals surface area contributed by atoms with Crippen molar-refractivity contribution in [2.24, 2.45) is 0 Å². The van der Waals surface area contributed by atoms with Crippen LogP contribution in [0, 0.1) is 0 Å². The van der Waals surface area contributed by atoms with E-state index < -0.39 is 5.97 Å². The maximum Gasteiger partial charge on any atom is 0.303 e. The van der Waals surface area contributed by atoms with Crippen molar-refractivity contribution in [2.75, 3.05) is 18.1 Å². The Kier molecular flexibility index (Phi) is 7.82. The lowest BCUT2D eigenvalue weighted by Crippen LogP contribution is -2.24. The lowest BCUT2D eigenvalue weighted by atomic mass is 10.1. The molecule has 1 aliphatic heterocycles. The van der Waals surface area contributed by atoms with E-state index in [-0.39, 0.29) is 12.3 Å². The third kappa shape index (κ3) is 6.47. The molecule has 0 saturated carbocycles. The molecule has 2 rings (SSSR count). The predicted octanol–water partition coefficient (Wildman–Crippen LogP) is 3.93. The first-order valence-corrected chi connectivity index (χ1v) is 10.1. The Hall–Kier alpha value is -1.14. The molecule has 0 bridgehead atoms. The van der Waals surface area contributed by atoms with E-state index in [1.807, 2.05) is 35.7 Å². The number of carboxylic acid groups (broad SMARTS) is 1. The number of nitrogens with one attached hydrogen (secondary N) is 1. The van der Waals surface area contributed by atoms with Gasteiger partial charge in [0.05, 0.1) is 4.58 Å². The fourth-order valence-corrected chi connectivity index (χ4v) is 5.26. The zero-order valence-electron chi connectivity index (χ0n) is 13.1. The highest BCUT2D eigenvalue weighted by molar-refractivity contribution is 8.19. The number of carboxylic acids is 1. The van der Waals surface area contributed by atoms with E-state index in [4.69, 9.17) is 5.11 Å². The first-order chi connectivity index (χ1) is 11.2. The van der Waals surface area contributed by atoms with E-state index in [0.717, 1.165) is 19.3 Å². The number of amides is 1. The van der Waals surface area contributed by atoms with E-state index in [1.54, 1.807) is 0 Å². The smallest absolute Gasteiger partial charge is 0.303 e. The minimum absolute atomic E-state index is 0.0335. The van der Waals surface area contributed by atoms with E-state index in [2.05, 4.69) is 17.4 Å². The molecule has 1 fully saturated rings. The van der Waals surface area contributed by atoms with E-state index >= 15 is 0 Å². The van der Waals surface area contributed by atoms with Crippen LogP contribution in [0.25, 0.3) is 0 Å². The predicted molar refractivity (Wildman–Crippen MR) is 97.2 cm³/mol. The molecule has 1 saturated heterocycles. The number of thioether (sulfide) groups is 2. The van der Waals surface area contributed by atoms with Crippen LogP contribution in [0.2, 0.25) is 0 Å². The lowest BCUT2D eigenvalue weighted by molar-refractivity contribution is -0.137. The van der Waals surface area contributed by atoms with E-state index in [0.29, 0.717) is 23.1 Å². The highest BCUT2D eigenvalue weighted by Gasteiger charge is 2.18. The van der Waals surface area contributed by atoms with Gasteiger partial charge in [-0.2, -0.15) is 0 Å². The van der Waals surface area contributed by atoms with E-state index in [1.165, 1.54) is 17.1 Å². The van der Waals surface area contributed by atoms with Gasteiger partial charge in [-0.1, -0.05) is 25.0 Å². The molecule has 0 radical (unpaired) electrons. The molecule has 6 heteroatoms. The second-order valence-electron chi connectivity index (χ2n) is 5.51. The molecule has 0 unspecified atom stereocenters. The molecule has 1 aliphatic rings. The summed E-state index contributed by atoms with van der Waals surface area (Å²) in [6.07, 6.45) is 3.67. The molecule has 126 valence electrons. The third-order valence-electron chi connectivity index (χ3n) is 3.67. The average molecular weight is 354 g/mol. The summed E-state index contributed by atoms with van der Waals surface area (Å²) in [5.74, 6) is 1.62. The van der Waals surface area contributed by atoms with Crippen LogP contribution < -0.4 is 5.32 Å². The first-order valence-electron chi connectivity index (χ1n) is 8.00. The number of carbonyl (C=O) groups excluding carboxylic acids is 1. The second-order valence-corrected chi connectivity index (χ2v) is 8.23. The molecule has 1 aromatic rings. The summed E-state index contributed by atoms with van der Waals surface area (Å²) < 4.78 is 0.512. The van der Waals surface area contributed by atoms with Crippen LogP contribution in [0.5, 0.6) is 0 Å². The van der Waals surface area contributed by atoms with Gasteiger partial charge in [-0.25, -0.2) is 0 Å². The highest BCUT2D eigenvalue weighted by atomic mass is 32.2. The van der Waals surface area contributed by atoms with Gasteiger partial charge in [-0.05, 0) is 30.5 Å². The van der Waals surface area contributed by atoms with Crippen molar-refractivity contribution in [2.45, 2.75) is 36.7 Å². The van der Waals surface area contributed by atoms with Crippen molar-refractivity contribution in [1.82, 2.24) is 5.32 Å². The van der Waals surface area contributed by atoms with Crippen molar-refractivity contribution < 1.29 is 14.7 Å². The zero-order valence-corrected chi connectivity index (χ0v) is 14.8. The summed E-state index contributed by atoms with van der Waals surface area (Å²) in [5, 5.41) is 11.5. The Morgan fingerprint density at radius 1 is 1.04 bits per heavy atom.